The summed E-state index contributed by atoms with van der Waals surface area (Å²) in [5, 5.41) is 27.0. The average Bonchev–Trinajstić information content (AvgIpc) is 2.82. The Morgan fingerprint density at radius 2 is 2.05 bits per heavy atom. The molecule has 98 valence electrons. The first-order valence-electron chi connectivity index (χ1n) is 5.46. The van der Waals surface area contributed by atoms with Gasteiger partial charge in [0.2, 0.25) is 0 Å². The van der Waals surface area contributed by atoms with Crippen molar-refractivity contribution in [2.45, 2.75) is 13.5 Å². The number of nitro groups is 1. The van der Waals surface area contributed by atoms with Crippen molar-refractivity contribution >= 4 is 11.7 Å². The Kier molecular flexibility index (Phi) is 3.23. The Morgan fingerprint density at radius 3 is 2.53 bits per heavy atom. The van der Waals surface area contributed by atoms with Gasteiger partial charge in [0.15, 0.2) is 5.69 Å². The van der Waals surface area contributed by atoms with Crippen LogP contribution in [0.2, 0.25) is 0 Å². The number of hydrogen-bond donors (Lipinski definition) is 1. The number of carbonyl (C=O) groups is 1. The van der Waals surface area contributed by atoms with E-state index in [0.29, 0.717) is 17.8 Å². The molecule has 0 aliphatic carbocycles. The van der Waals surface area contributed by atoms with Gasteiger partial charge in [-0.25, -0.2) is 9.48 Å². The number of rotatable bonds is 4. The van der Waals surface area contributed by atoms with Crippen molar-refractivity contribution in [3.05, 3.63) is 40.1 Å². The maximum Gasteiger partial charge on any atom is 0.358 e. The van der Waals surface area contributed by atoms with E-state index in [1.165, 1.54) is 28.9 Å². The van der Waals surface area contributed by atoms with Crippen molar-refractivity contribution in [2.75, 3.05) is 0 Å². The highest BCUT2D eigenvalue weighted by molar-refractivity contribution is 5.92. The lowest BCUT2D eigenvalue weighted by Crippen LogP contribution is -2.03. The first kappa shape index (κ1) is 12.7. The third-order valence-corrected chi connectivity index (χ3v) is 2.59. The molecule has 0 saturated heterocycles. The van der Waals surface area contributed by atoms with Gasteiger partial charge in [-0.3, -0.25) is 10.1 Å². The zero-order chi connectivity index (χ0) is 14.0. The molecule has 0 saturated carbocycles. The van der Waals surface area contributed by atoms with Gasteiger partial charge in [0.05, 0.1) is 4.92 Å². The van der Waals surface area contributed by atoms with Crippen LogP contribution >= 0.6 is 0 Å². The largest absolute Gasteiger partial charge is 0.476 e. The van der Waals surface area contributed by atoms with Gasteiger partial charge < -0.3 is 5.11 Å². The SMILES string of the molecule is CCn1nnc(C(=O)O)c1-c1ccc([N+](=O)[O-])cc1. The zero-order valence-electron chi connectivity index (χ0n) is 9.98. The van der Waals surface area contributed by atoms with Crippen molar-refractivity contribution in [3.8, 4) is 11.3 Å². The number of carboxylic acid groups (broad SMARTS) is 1. The molecular weight excluding hydrogens is 252 g/mol. The number of hydrogen-bond acceptors (Lipinski definition) is 5. The lowest BCUT2D eigenvalue weighted by atomic mass is 10.1. The second-order valence-corrected chi connectivity index (χ2v) is 3.71. The maximum atomic E-state index is 11.1. The summed E-state index contributed by atoms with van der Waals surface area (Å²) in [4.78, 5) is 21.1. The van der Waals surface area contributed by atoms with E-state index in [1.54, 1.807) is 6.92 Å². The smallest absolute Gasteiger partial charge is 0.358 e. The minimum absolute atomic E-state index is 0.0591. The normalized spacial score (nSPS) is 10.4. The number of benzene rings is 1. The first-order chi connectivity index (χ1) is 9.04. The molecule has 1 heterocycles. The predicted molar refractivity (Wildman–Crippen MR) is 64.7 cm³/mol. The molecule has 8 heteroatoms. The van der Waals surface area contributed by atoms with Crippen LogP contribution in [0.15, 0.2) is 24.3 Å². The minimum Gasteiger partial charge on any atom is -0.476 e. The van der Waals surface area contributed by atoms with Gasteiger partial charge in [-0.05, 0) is 19.1 Å². The molecule has 1 aromatic carbocycles. The van der Waals surface area contributed by atoms with Crippen molar-refractivity contribution < 1.29 is 14.8 Å². The van der Waals surface area contributed by atoms with Crippen molar-refractivity contribution in [1.29, 1.82) is 0 Å². The maximum absolute atomic E-state index is 11.1. The van der Waals surface area contributed by atoms with Gasteiger partial charge in [-0.1, -0.05) is 5.21 Å². The van der Waals surface area contributed by atoms with Crippen LogP contribution < -0.4 is 0 Å². The Labute approximate surface area is 107 Å². The summed E-state index contributed by atoms with van der Waals surface area (Å²) >= 11 is 0. The number of aryl methyl sites for hydroxylation is 1. The molecule has 0 fully saturated rings. The Balaban J connectivity index is 2.54. The van der Waals surface area contributed by atoms with Crippen LogP contribution in [0.25, 0.3) is 11.3 Å². The van der Waals surface area contributed by atoms with E-state index in [-0.39, 0.29) is 11.4 Å². The van der Waals surface area contributed by atoms with Crippen LogP contribution in [0.4, 0.5) is 5.69 Å². The topological polar surface area (TPSA) is 111 Å². The Hall–Kier alpha value is -2.77. The van der Waals surface area contributed by atoms with Crippen molar-refractivity contribution in [2.24, 2.45) is 0 Å². The van der Waals surface area contributed by atoms with Gasteiger partial charge in [-0.15, -0.1) is 5.10 Å². The molecule has 8 nitrogen and oxygen atoms in total. The third kappa shape index (κ3) is 2.28. The molecule has 1 aromatic heterocycles. The van der Waals surface area contributed by atoms with E-state index in [2.05, 4.69) is 10.3 Å². The number of nitro benzene ring substituents is 1. The molecular formula is C11H10N4O4. The molecule has 0 bridgehead atoms. The highest BCUT2D eigenvalue weighted by atomic mass is 16.6. The van der Waals surface area contributed by atoms with Gasteiger partial charge in [-0.2, -0.15) is 0 Å². The summed E-state index contributed by atoms with van der Waals surface area (Å²) in [6.45, 7) is 2.25. The van der Waals surface area contributed by atoms with Gasteiger partial charge >= 0.3 is 5.97 Å². The first-order valence-corrected chi connectivity index (χ1v) is 5.46. The molecule has 2 aromatic rings. The fourth-order valence-corrected chi connectivity index (χ4v) is 1.71. The molecule has 0 aliphatic rings. The van der Waals surface area contributed by atoms with Crippen LogP contribution in [0, 0.1) is 10.1 Å². The van der Waals surface area contributed by atoms with Crippen LogP contribution in [-0.2, 0) is 6.54 Å². The van der Waals surface area contributed by atoms with E-state index < -0.39 is 10.9 Å². The summed E-state index contributed by atoms with van der Waals surface area (Å²) in [6.07, 6.45) is 0. The fourth-order valence-electron chi connectivity index (χ4n) is 1.71. The van der Waals surface area contributed by atoms with E-state index in [0.717, 1.165) is 0 Å². The summed E-state index contributed by atoms with van der Waals surface area (Å²) in [6, 6.07) is 5.59. The number of nitrogens with zero attached hydrogens (tertiary/aromatic N) is 4. The summed E-state index contributed by atoms with van der Waals surface area (Å²) in [5.74, 6) is -1.19. The van der Waals surface area contributed by atoms with Crippen molar-refractivity contribution in [1.82, 2.24) is 15.0 Å². The molecule has 1 N–H and O–H groups in total. The quantitative estimate of drug-likeness (QED) is 0.661. The molecule has 0 amide bonds. The highest BCUT2D eigenvalue weighted by Gasteiger charge is 2.20. The molecule has 0 spiro atoms. The standard InChI is InChI=1S/C11H10N4O4/c1-2-14-10(9(11(16)17)12-13-14)7-3-5-8(6-4-7)15(18)19/h3-6H,2H2,1H3,(H,16,17). The number of aromatic carboxylic acids is 1. The second kappa shape index (κ2) is 4.84. The van der Waals surface area contributed by atoms with Crippen LogP contribution in [-0.4, -0.2) is 31.0 Å². The summed E-state index contributed by atoms with van der Waals surface area (Å²) in [7, 11) is 0. The van der Waals surface area contributed by atoms with Crippen LogP contribution in [0.1, 0.15) is 17.4 Å². The lowest BCUT2D eigenvalue weighted by molar-refractivity contribution is -0.384. The molecule has 0 aliphatic heterocycles. The van der Waals surface area contributed by atoms with Crippen LogP contribution in [0.5, 0.6) is 0 Å². The monoisotopic (exact) mass is 262 g/mol. The number of aromatic nitrogens is 3. The minimum atomic E-state index is -1.19. The van der Waals surface area contributed by atoms with E-state index in [4.69, 9.17) is 5.11 Å². The fraction of sp³-hybridized carbons (Fsp3) is 0.182. The molecule has 2 rings (SSSR count). The summed E-state index contributed by atoms with van der Waals surface area (Å²) in [5.41, 5.74) is 0.631. The Morgan fingerprint density at radius 1 is 1.42 bits per heavy atom. The van der Waals surface area contributed by atoms with Gasteiger partial charge in [0, 0.05) is 24.2 Å². The lowest BCUT2D eigenvalue weighted by Gasteiger charge is -2.04. The molecule has 0 atom stereocenters. The molecule has 0 unspecified atom stereocenters. The van der Waals surface area contributed by atoms with Gasteiger partial charge in [0.25, 0.3) is 5.69 Å². The summed E-state index contributed by atoms with van der Waals surface area (Å²) < 4.78 is 1.44. The van der Waals surface area contributed by atoms with E-state index in [9.17, 15) is 14.9 Å². The van der Waals surface area contributed by atoms with Crippen LogP contribution in [0.3, 0.4) is 0 Å². The zero-order valence-corrected chi connectivity index (χ0v) is 9.98. The Bertz CT molecular complexity index is 633. The highest BCUT2D eigenvalue weighted by Crippen LogP contribution is 2.24. The van der Waals surface area contributed by atoms with Crippen molar-refractivity contribution in [3.63, 3.8) is 0 Å². The number of carboxylic acids is 1. The van der Waals surface area contributed by atoms with E-state index >= 15 is 0 Å². The molecule has 19 heavy (non-hydrogen) atoms. The third-order valence-electron chi connectivity index (χ3n) is 2.59. The average molecular weight is 262 g/mol. The van der Waals surface area contributed by atoms with E-state index in [1.807, 2.05) is 0 Å². The molecule has 0 radical (unpaired) electrons. The predicted octanol–water partition coefficient (Wildman–Crippen LogP) is 1.57. The number of non-ortho nitro benzene ring substituents is 1. The second-order valence-electron chi connectivity index (χ2n) is 3.71. The van der Waals surface area contributed by atoms with Gasteiger partial charge in [0.1, 0.15) is 5.69 Å².